The number of halogens is 1. The van der Waals surface area contributed by atoms with Crippen LogP contribution >= 0.6 is 11.6 Å². The smallest absolute Gasteiger partial charge is 0.257 e. The molecule has 1 saturated carbocycles. The highest BCUT2D eigenvalue weighted by molar-refractivity contribution is 7.92. The average molecular weight is 365 g/mol. The second-order valence-electron chi connectivity index (χ2n) is 5.74. The molecule has 126 valence electrons. The van der Waals surface area contributed by atoms with E-state index in [4.69, 9.17) is 11.6 Å². The van der Waals surface area contributed by atoms with Gasteiger partial charge in [-0.3, -0.25) is 9.10 Å². The molecule has 3 rings (SSSR count). The molecule has 7 heteroatoms. The molecule has 0 radical (unpaired) electrons. The second-order valence-corrected chi connectivity index (χ2v) is 8.01. The maximum atomic E-state index is 12.5. The summed E-state index contributed by atoms with van der Waals surface area (Å²) in [5.41, 5.74) is 1.26. The molecule has 0 atom stereocenters. The van der Waals surface area contributed by atoms with E-state index in [2.05, 4.69) is 5.32 Å². The fraction of sp³-hybridized carbons (Fsp3) is 0.235. The van der Waals surface area contributed by atoms with Crippen LogP contribution in [0.5, 0.6) is 0 Å². The number of nitrogens with zero attached hydrogens (tertiary/aromatic N) is 1. The lowest BCUT2D eigenvalue weighted by atomic mass is 10.2. The van der Waals surface area contributed by atoms with E-state index in [0.29, 0.717) is 22.0 Å². The summed E-state index contributed by atoms with van der Waals surface area (Å²) < 4.78 is 25.7. The normalized spacial score (nSPS) is 14.2. The van der Waals surface area contributed by atoms with Crippen molar-refractivity contribution in [3.05, 3.63) is 59.1 Å². The highest BCUT2D eigenvalue weighted by atomic mass is 35.5. The Morgan fingerprint density at radius 2 is 1.75 bits per heavy atom. The van der Waals surface area contributed by atoms with E-state index in [9.17, 15) is 13.2 Å². The average Bonchev–Trinajstić information content (AvgIpc) is 3.33. The lowest BCUT2D eigenvalue weighted by Crippen LogP contribution is -2.33. The van der Waals surface area contributed by atoms with Gasteiger partial charge in [-0.2, -0.15) is 0 Å². The van der Waals surface area contributed by atoms with Crippen LogP contribution in [0.25, 0.3) is 0 Å². The third-order valence-corrected chi connectivity index (χ3v) is 5.28. The topological polar surface area (TPSA) is 66.5 Å². The number of hydrogen-bond donors (Lipinski definition) is 1. The molecule has 1 fully saturated rings. The first-order chi connectivity index (χ1) is 11.4. The van der Waals surface area contributed by atoms with Crippen molar-refractivity contribution in [2.45, 2.75) is 18.9 Å². The largest absolute Gasteiger partial charge is 0.320 e. The number of carbonyl (C=O) groups excluding carboxylic acids is 1. The molecule has 1 aliphatic carbocycles. The Balaban J connectivity index is 1.95. The summed E-state index contributed by atoms with van der Waals surface area (Å²) in [7, 11) is -3.43. The van der Waals surface area contributed by atoms with Gasteiger partial charge in [-0.15, -0.1) is 0 Å². The summed E-state index contributed by atoms with van der Waals surface area (Å²) in [6, 6.07) is 13.6. The number of carbonyl (C=O) groups is 1. The number of amides is 1. The Bertz CT molecular complexity index is 879. The third kappa shape index (κ3) is 3.55. The van der Waals surface area contributed by atoms with Gasteiger partial charge >= 0.3 is 0 Å². The summed E-state index contributed by atoms with van der Waals surface area (Å²) in [4.78, 5) is 12.5. The Morgan fingerprint density at radius 1 is 1.12 bits per heavy atom. The van der Waals surface area contributed by atoms with E-state index in [1.165, 1.54) is 10.6 Å². The van der Waals surface area contributed by atoms with E-state index < -0.39 is 10.0 Å². The van der Waals surface area contributed by atoms with Crippen LogP contribution in [0.1, 0.15) is 23.2 Å². The zero-order valence-electron chi connectivity index (χ0n) is 13.1. The van der Waals surface area contributed by atoms with E-state index in [-0.39, 0.29) is 11.9 Å². The van der Waals surface area contributed by atoms with E-state index in [1.807, 2.05) is 0 Å². The molecule has 0 bridgehead atoms. The SMILES string of the molecule is CS(=O)(=O)N(c1ccccc1NC(=O)c1ccccc1Cl)C1CC1. The molecule has 0 aliphatic heterocycles. The van der Waals surface area contributed by atoms with Crippen LogP contribution in [-0.2, 0) is 10.0 Å². The van der Waals surface area contributed by atoms with Gasteiger partial charge in [0.25, 0.3) is 5.91 Å². The van der Waals surface area contributed by atoms with Gasteiger partial charge in [0.1, 0.15) is 0 Å². The van der Waals surface area contributed by atoms with Crippen molar-refractivity contribution in [1.82, 2.24) is 0 Å². The molecule has 0 aromatic heterocycles. The van der Waals surface area contributed by atoms with Crippen LogP contribution in [0.3, 0.4) is 0 Å². The van der Waals surface area contributed by atoms with Crippen molar-refractivity contribution in [2.24, 2.45) is 0 Å². The van der Waals surface area contributed by atoms with Gasteiger partial charge in [-0.05, 0) is 37.1 Å². The van der Waals surface area contributed by atoms with E-state index in [0.717, 1.165) is 12.8 Å². The number of rotatable bonds is 5. The molecule has 2 aromatic carbocycles. The van der Waals surface area contributed by atoms with Crippen LogP contribution in [0.2, 0.25) is 5.02 Å². The molecule has 24 heavy (non-hydrogen) atoms. The van der Waals surface area contributed by atoms with Gasteiger partial charge in [0, 0.05) is 6.04 Å². The Kier molecular flexibility index (Phi) is 4.51. The zero-order chi connectivity index (χ0) is 17.3. The van der Waals surface area contributed by atoms with Gasteiger partial charge in [0.15, 0.2) is 0 Å². The minimum Gasteiger partial charge on any atom is -0.320 e. The molecule has 0 unspecified atom stereocenters. The quantitative estimate of drug-likeness (QED) is 0.882. The number of anilines is 2. The van der Waals surface area contributed by atoms with E-state index >= 15 is 0 Å². The predicted octanol–water partition coefficient (Wildman–Crippen LogP) is 3.52. The van der Waals surface area contributed by atoms with Gasteiger partial charge in [0.2, 0.25) is 10.0 Å². The van der Waals surface area contributed by atoms with Gasteiger partial charge in [0.05, 0.1) is 28.2 Å². The zero-order valence-corrected chi connectivity index (χ0v) is 14.6. The third-order valence-electron chi connectivity index (χ3n) is 3.74. The molecule has 1 amide bonds. The number of benzene rings is 2. The summed E-state index contributed by atoms with van der Waals surface area (Å²) in [6.45, 7) is 0. The number of para-hydroxylation sites is 2. The summed E-state index contributed by atoms with van der Waals surface area (Å²) >= 11 is 6.05. The number of nitrogens with one attached hydrogen (secondary N) is 1. The molecular weight excluding hydrogens is 348 g/mol. The molecular formula is C17H17ClN2O3S. The molecule has 0 heterocycles. The van der Waals surface area contributed by atoms with Crippen molar-refractivity contribution in [3.63, 3.8) is 0 Å². The van der Waals surface area contributed by atoms with Crippen LogP contribution in [0.15, 0.2) is 48.5 Å². The first-order valence-corrected chi connectivity index (χ1v) is 9.75. The predicted molar refractivity (Wildman–Crippen MR) is 96.2 cm³/mol. The monoisotopic (exact) mass is 364 g/mol. The van der Waals surface area contributed by atoms with E-state index in [1.54, 1.807) is 48.5 Å². The molecule has 0 spiro atoms. The van der Waals surface area contributed by atoms with Crippen LogP contribution in [-0.4, -0.2) is 26.6 Å². The Morgan fingerprint density at radius 3 is 2.38 bits per heavy atom. The fourth-order valence-corrected chi connectivity index (χ4v) is 4.05. The summed E-state index contributed by atoms with van der Waals surface area (Å²) in [5.74, 6) is -0.378. The van der Waals surface area contributed by atoms with Crippen molar-refractivity contribution in [3.8, 4) is 0 Å². The van der Waals surface area contributed by atoms with Crippen LogP contribution in [0, 0.1) is 0 Å². The Labute approximate surface area is 146 Å². The molecule has 5 nitrogen and oxygen atoms in total. The molecule has 1 aliphatic rings. The Hall–Kier alpha value is -2.05. The summed E-state index contributed by atoms with van der Waals surface area (Å²) in [6.07, 6.45) is 2.82. The van der Waals surface area contributed by atoms with Crippen molar-refractivity contribution in [2.75, 3.05) is 15.9 Å². The van der Waals surface area contributed by atoms with Gasteiger partial charge in [-0.25, -0.2) is 8.42 Å². The fourth-order valence-electron chi connectivity index (χ4n) is 2.56. The van der Waals surface area contributed by atoms with Crippen molar-refractivity contribution >= 4 is 38.9 Å². The molecule has 1 N–H and O–H groups in total. The first kappa shape index (κ1) is 16.8. The lowest BCUT2D eigenvalue weighted by Gasteiger charge is -2.24. The first-order valence-electron chi connectivity index (χ1n) is 7.52. The lowest BCUT2D eigenvalue weighted by molar-refractivity contribution is 0.102. The van der Waals surface area contributed by atoms with Crippen LogP contribution in [0.4, 0.5) is 11.4 Å². The van der Waals surface area contributed by atoms with Crippen molar-refractivity contribution < 1.29 is 13.2 Å². The summed E-state index contributed by atoms with van der Waals surface area (Å²) in [5, 5.41) is 3.12. The minimum absolute atomic E-state index is 0.0432. The van der Waals surface area contributed by atoms with Gasteiger partial charge in [-0.1, -0.05) is 35.9 Å². The van der Waals surface area contributed by atoms with Crippen molar-refractivity contribution in [1.29, 1.82) is 0 Å². The maximum Gasteiger partial charge on any atom is 0.257 e. The molecule has 0 saturated heterocycles. The minimum atomic E-state index is -3.43. The number of hydrogen-bond acceptors (Lipinski definition) is 3. The van der Waals surface area contributed by atoms with Crippen LogP contribution < -0.4 is 9.62 Å². The molecule has 2 aromatic rings. The maximum absolute atomic E-state index is 12.5. The van der Waals surface area contributed by atoms with Gasteiger partial charge < -0.3 is 5.32 Å². The second kappa shape index (κ2) is 6.45. The highest BCUT2D eigenvalue weighted by Gasteiger charge is 2.36. The number of sulfonamides is 1. The highest BCUT2D eigenvalue weighted by Crippen LogP contribution is 2.38. The standard InChI is InChI=1S/C17H17ClN2O3S/c1-24(22,23)20(12-10-11-12)16-9-5-4-8-15(16)19-17(21)13-6-2-3-7-14(13)18/h2-9,12H,10-11H2,1H3,(H,19,21).